The second-order valence-electron chi connectivity index (χ2n) is 3.59. The molecule has 0 N–H and O–H groups in total. The number of methoxy groups -OCH3 is 4. The molecule has 5 nitrogen and oxygen atoms in total. The molecule has 5 heteroatoms. The van der Waals surface area contributed by atoms with Crippen LogP contribution < -0.4 is 14.2 Å². The zero-order valence-electron chi connectivity index (χ0n) is 11.1. The molecule has 1 rings (SSSR count). The summed E-state index contributed by atoms with van der Waals surface area (Å²) in [6, 6.07) is 3.52. The number of hydrogen-bond donors (Lipinski definition) is 0. The Morgan fingerprint density at radius 1 is 1.00 bits per heavy atom. The highest BCUT2D eigenvalue weighted by atomic mass is 16.5. The molecule has 0 amide bonds. The van der Waals surface area contributed by atoms with Gasteiger partial charge in [-0.1, -0.05) is 0 Å². The molecule has 1 aromatic rings. The van der Waals surface area contributed by atoms with Gasteiger partial charge in [-0.2, -0.15) is 0 Å². The molecule has 0 saturated carbocycles. The van der Waals surface area contributed by atoms with Crippen molar-refractivity contribution >= 4 is 5.97 Å². The fourth-order valence-electron chi connectivity index (χ4n) is 1.65. The average molecular weight is 254 g/mol. The van der Waals surface area contributed by atoms with E-state index in [1.165, 1.54) is 7.11 Å². The lowest BCUT2D eigenvalue weighted by atomic mass is 10.1. The first-order valence-electron chi connectivity index (χ1n) is 5.52. The molecule has 0 spiro atoms. The fraction of sp³-hybridized carbons (Fsp3) is 0.462. The van der Waals surface area contributed by atoms with E-state index in [4.69, 9.17) is 14.2 Å². The SMILES string of the molecule is COC(=O)CCc1c(OC)cc(OC)cc1OC. The molecule has 0 fully saturated rings. The van der Waals surface area contributed by atoms with Gasteiger partial charge in [-0.3, -0.25) is 4.79 Å². The lowest BCUT2D eigenvalue weighted by Crippen LogP contribution is -2.04. The predicted molar refractivity (Wildman–Crippen MR) is 66.4 cm³/mol. The van der Waals surface area contributed by atoms with Crippen molar-refractivity contribution < 1.29 is 23.7 Å². The van der Waals surface area contributed by atoms with E-state index >= 15 is 0 Å². The van der Waals surface area contributed by atoms with E-state index in [1.54, 1.807) is 33.5 Å². The number of carbonyl (C=O) groups excluding carboxylic acids is 1. The molecule has 0 heterocycles. The zero-order valence-corrected chi connectivity index (χ0v) is 11.1. The third-order valence-corrected chi connectivity index (χ3v) is 2.62. The van der Waals surface area contributed by atoms with Crippen LogP contribution in [0.2, 0.25) is 0 Å². The first-order chi connectivity index (χ1) is 8.65. The van der Waals surface area contributed by atoms with Crippen molar-refractivity contribution in [3.8, 4) is 17.2 Å². The molecule has 0 aliphatic heterocycles. The molecule has 0 bridgehead atoms. The normalized spacial score (nSPS) is 9.78. The van der Waals surface area contributed by atoms with Gasteiger partial charge in [0.15, 0.2) is 0 Å². The van der Waals surface area contributed by atoms with E-state index in [0.717, 1.165) is 5.56 Å². The van der Waals surface area contributed by atoms with Gasteiger partial charge in [0.1, 0.15) is 17.2 Å². The van der Waals surface area contributed by atoms with Gasteiger partial charge in [-0.15, -0.1) is 0 Å². The molecule has 0 aliphatic carbocycles. The summed E-state index contributed by atoms with van der Waals surface area (Å²) in [7, 11) is 6.07. The Balaban J connectivity index is 3.03. The standard InChI is InChI=1S/C13H18O5/c1-15-9-7-11(16-2)10(12(8-9)17-3)5-6-13(14)18-4/h7-8H,5-6H2,1-4H3. The van der Waals surface area contributed by atoms with E-state index in [2.05, 4.69) is 4.74 Å². The van der Waals surface area contributed by atoms with Gasteiger partial charge in [0.2, 0.25) is 0 Å². The predicted octanol–water partition coefficient (Wildman–Crippen LogP) is 1.82. The van der Waals surface area contributed by atoms with Crippen LogP contribution in [0.4, 0.5) is 0 Å². The van der Waals surface area contributed by atoms with Crippen LogP contribution in [0.3, 0.4) is 0 Å². The monoisotopic (exact) mass is 254 g/mol. The highest BCUT2D eigenvalue weighted by Gasteiger charge is 2.14. The van der Waals surface area contributed by atoms with Crippen molar-refractivity contribution in [1.82, 2.24) is 0 Å². The van der Waals surface area contributed by atoms with Crippen LogP contribution in [-0.2, 0) is 16.0 Å². The Hall–Kier alpha value is -1.91. The first kappa shape index (κ1) is 14.2. The van der Waals surface area contributed by atoms with Gasteiger partial charge >= 0.3 is 5.97 Å². The zero-order chi connectivity index (χ0) is 13.5. The average Bonchev–Trinajstić information content (AvgIpc) is 2.43. The number of esters is 1. The Morgan fingerprint density at radius 3 is 1.94 bits per heavy atom. The van der Waals surface area contributed by atoms with Crippen molar-refractivity contribution in [2.24, 2.45) is 0 Å². The van der Waals surface area contributed by atoms with Crippen LogP contribution in [0.1, 0.15) is 12.0 Å². The van der Waals surface area contributed by atoms with Crippen LogP contribution in [-0.4, -0.2) is 34.4 Å². The van der Waals surface area contributed by atoms with Crippen molar-refractivity contribution in [3.05, 3.63) is 17.7 Å². The Morgan fingerprint density at radius 2 is 1.56 bits per heavy atom. The van der Waals surface area contributed by atoms with Crippen LogP contribution in [0.15, 0.2) is 12.1 Å². The number of benzene rings is 1. The van der Waals surface area contributed by atoms with Gasteiger partial charge in [0.25, 0.3) is 0 Å². The summed E-state index contributed by atoms with van der Waals surface area (Å²) in [5.41, 5.74) is 0.825. The topological polar surface area (TPSA) is 54.0 Å². The molecule has 0 saturated heterocycles. The van der Waals surface area contributed by atoms with E-state index < -0.39 is 0 Å². The van der Waals surface area contributed by atoms with E-state index in [0.29, 0.717) is 23.7 Å². The smallest absolute Gasteiger partial charge is 0.305 e. The summed E-state index contributed by atoms with van der Waals surface area (Å²) >= 11 is 0. The first-order valence-corrected chi connectivity index (χ1v) is 5.52. The van der Waals surface area contributed by atoms with E-state index in [1.807, 2.05) is 0 Å². The van der Waals surface area contributed by atoms with Gasteiger partial charge in [-0.05, 0) is 6.42 Å². The lowest BCUT2D eigenvalue weighted by Gasteiger charge is -2.14. The van der Waals surface area contributed by atoms with E-state index in [9.17, 15) is 4.79 Å². The van der Waals surface area contributed by atoms with Crippen LogP contribution >= 0.6 is 0 Å². The van der Waals surface area contributed by atoms with E-state index in [-0.39, 0.29) is 12.4 Å². The summed E-state index contributed by atoms with van der Waals surface area (Å²) in [5.74, 6) is 1.64. The largest absolute Gasteiger partial charge is 0.496 e. The highest BCUT2D eigenvalue weighted by molar-refractivity contribution is 5.70. The minimum Gasteiger partial charge on any atom is -0.496 e. The lowest BCUT2D eigenvalue weighted by molar-refractivity contribution is -0.140. The van der Waals surface area contributed by atoms with Gasteiger partial charge < -0.3 is 18.9 Å². The third kappa shape index (κ3) is 3.29. The second kappa shape index (κ2) is 6.74. The van der Waals surface area contributed by atoms with Crippen molar-refractivity contribution in [2.45, 2.75) is 12.8 Å². The van der Waals surface area contributed by atoms with Crippen LogP contribution in [0.25, 0.3) is 0 Å². The van der Waals surface area contributed by atoms with Gasteiger partial charge in [-0.25, -0.2) is 0 Å². The second-order valence-corrected chi connectivity index (χ2v) is 3.59. The minimum absolute atomic E-state index is 0.269. The molecule has 0 atom stereocenters. The third-order valence-electron chi connectivity index (χ3n) is 2.62. The van der Waals surface area contributed by atoms with Crippen LogP contribution in [0, 0.1) is 0 Å². The minimum atomic E-state index is -0.269. The molecular formula is C13H18O5. The van der Waals surface area contributed by atoms with Gasteiger partial charge in [0.05, 0.1) is 28.4 Å². The molecule has 1 aromatic carbocycles. The molecule has 18 heavy (non-hydrogen) atoms. The fourth-order valence-corrected chi connectivity index (χ4v) is 1.65. The van der Waals surface area contributed by atoms with Crippen molar-refractivity contribution in [1.29, 1.82) is 0 Å². The van der Waals surface area contributed by atoms with Crippen LogP contribution in [0.5, 0.6) is 17.2 Å². The number of carbonyl (C=O) groups is 1. The molecule has 100 valence electrons. The van der Waals surface area contributed by atoms with Crippen molar-refractivity contribution in [3.63, 3.8) is 0 Å². The number of rotatable bonds is 6. The Labute approximate surface area is 107 Å². The molecule has 0 aromatic heterocycles. The number of ether oxygens (including phenoxy) is 4. The highest BCUT2D eigenvalue weighted by Crippen LogP contribution is 2.34. The quantitative estimate of drug-likeness (QED) is 0.725. The summed E-state index contributed by atoms with van der Waals surface area (Å²) in [6.07, 6.45) is 0.762. The van der Waals surface area contributed by atoms with Gasteiger partial charge in [0, 0.05) is 24.1 Å². The summed E-state index contributed by atoms with van der Waals surface area (Å²) in [5, 5.41) is 0. The Kier molecular flexibility index (Phi) is 5.30. The Bertz CT molecular complexity index is 389. The molecular weight excluding hydrogens is 236 g/mol. The number of hydrogen-bond acceptors (Lipinski definition) is 5. The molecule has 0 radical (unpaired) electrons. The van der Waals surface area contributed by atoms with Crippen molar-refractivity contribution in [2.75, 3.05) is 28.4 Å². The maximum atomic E-state index is 11.2. The maximum Gasteiger partial charge on any atom is 0.305 e. The summed E-state index contributed by atoms with van der Waals surface area (Å²) in [4.78, 5) is 11.2. The summed E-state index contributed by atoms with van der Waals surface area (Å²) < 4.78 is 20.3. The molecule has 0 aliphatic rings. The molecule has 0 unspecified atom stereocenters. The maximum absolute atomic E-state index is 11.2. The summed E-state index contributed by atoms with van der Waals surface area (Å²) in [6.45, 7) is 0.